The van der Waals surface area contributed by atoms with Crippen LogP contribution in [-0.4, -0.2) is 39.7 Å². The second-order valence-corrected chi connectivity index (χ2v) is 8.78. The van der Waals surface area contributed by atoms with Gasteiger partial charge in [0, 0.05) is 49.8 Å². The van der Waals surface area contributed by atoms with Crippen LogP contribution in [0, 0.1) is 5.92 Å². The molecule has 1 aromatic heterocycles. The van der Waals surface area contributed by atoms with E-state index in [0.29, 0.717) is 23.6 Å². The molecule has 0 radical (unpaired) electrons. The van der Waals surface area contributed by atoms with Crippen LogP contribution in [0.2, 0.25) is 5.15 Å². The topological polar surface area (TPSA) is 50.2 Å². The number of piperidine rings is 1. The third-order valence-corrected chi connectivity index (χ3v) is 6.92. The van der Waals surface area contributed by atoms with E-state index < -0.39 is 0 Å². The van der Waals surface area contributed by atoms with Crippen molar-refractivity contribution in [1.29, 1.82) is 0 Å². The Labute approximate surface area is 178 Å². The highest BCUT2D eigenvalue weighted by atomic mass is 35.5. The van der Waals surface area contributed by atoms with Crippen molar-refractivity contribution in [1.82, 2.24) is 20.0 Å². The number of nitrogens with zero attached hydrogens (tertiary/aromatic N) is 3. The van der Waals surface area contributed by atoms with Crippen molar-refractivity contribution >= 4 is 17.5 Å². The SMILES string of the molecule is Cn1nc(-c2ccccc2)c(CNC2CCN(C(=O)C3CCCCC3)CC2)c1Cl. The summed E-state index contributed by atoms with van der Waals surface area (Å²) in [5.41, 5.74) is 3.07. The molecule has 2 aliphatic rings. The van der Waals surface area contributed by atoms with Crippen LogP contribution in [0.3, 0.4) is 0 Å². The number of halogens is 1. The predicted octanol–water partition coefficient (Wildman–Crippen LogP) is 4.40. The molecule has 1 saturated carbocycles. The number of aryl methyl sites for hydroxylation is 1. The number of hydrogen-bond donors (Lipinski definition) is 1. The van der Waals surface area contributed by atoms with E-state index in [1.165, 1.54) is 19.3 Å². The van der Waals surface area contributed by atoms with Crippen LogP contribution < -0.4 is 5.32 Å². The van der Waals surface area contributed by atoms with Gasteiger partial charge in [0.2, 0.25) is 5.91 Å². The first-order valence-corrected chi connectivity index (χ1v) is 11.3. The first kappa shape index (κ1) is 20.4. The van der Waals surface area contributed by atoms with E-state index in [-0.39, 0.29) is 5.92 Å². The average molecular weight is 415 g/mol. The lowest BCUT2D eigenvalue weighted by atomic mass is 9.87. The summed E-state index contributed by atoms with van der Waals surface area (Å²) in [6, 6.07) is 10.6. The zero-order valence-corrected chi connectivity index (χ0v) is 18.0. The van der Waals surface area contributed by atoms with E-state index in [0.717, 1.165) is 55.6 Å². The molecule has 1 saturated heterocycles. The quantitative estimate of drug-likeness (QED) is 0.788. The van der Waals surface area contributed by atoms with Crippen molar-refractivity contribution in [3.63, 3.8) is 0 Å². The van der Waals surface area contributed by atoms with E-state index in [1.54, 1.807) is 4.68 Å². The minimum absolute atomic E-state index is 0.274. The Bertz CT molecular complexity index is 821. The van der Waals surface area contributed by atoms with Gasteiger partial charge in [-0.15, -0.1) is 0 Å². The molecule has 0 bridgehead atoms. The molecule has 2 aromatic rings. The van der Waals surface area contributed by atoms with Gasteiger partial charge in [-0.3, -0.25) is 9.48 Å². The number of likely N-dealkylation sites (tertiary alicyclic amines) is 1. The Morgan fingerprint density at radius 3 is 2.48 bits per heavy atom. The minimum atomic E-state index is 0.274. The predicted molar refractivity (Wildman–Crippen MR) is 117 cm³/mol. The summed E-state index contributed by atoms with van der Waals surface area (Å²) >= 11 is 6.54. The van der Waals surface area contributed by atoms with Crippen molar-refractivity contribution in [3.05, 3.63) is 41.0 Å². The van der Waals surface area contributed by atoms with Gasteiger partial charge in [0.1, 0.15) is 5.15 Å². The van der Waals surface area contributed by atoms with Gasteiger partial charge in [0.15, 0.2) is 0 Å². The Morgan fingerprint density at radius 1 is 1.10 bits per heavy atom. The number of amides is 1. The molecule has 0 unspecified atom stereocenters. The molecule has 1 N–H and O–H groups in total. The molecule has 1 aliphatic carbocycles. The van der Waals surface area contributed by atoms with E-state index in [4.69, 9.17) is 11.6 Å². The van der Waals surface area contributed by atoms with Gasteiger partial charge in [-0.05, 0) is 25.7 Å². The van der Waals surface area contributed by atoms with Crippen LogP contribution in [0.5, 0.6) is 0 Å². The van der Waals surface area contributed by atoms with Gasteiger partial charge in [0.25, 0.3) is 0 Å². The van der Waals surface area contributed by atoms with E-state index in [1.807, 2.05) is 25.2 Å². The average Bonchev–Trinajstić information content (AvgIpc) is 3.07. The fourth-order valence-electron chi connectivity index (χ4n) is 4.69. The Morgan fingerprint density at radius 2 is 1.79 bits per heavy atom. The third kappa shape index (κ3) is 4.67. The fraction of sp³-hybridized carbons (Fsp3) is 0.565. The first-order valence-electron chi connectivity index (χ1n) is 10.9. The summed E-state index contributed by atoms with van der Waals surface area (Å²) in [6.45, 7) is 2.41. The van der Waals surface area contributed by atoms with E-state index >= 15 is 0 Å². The van der Waals surface area contributed by atoms with Crippen molar-refractivity contribution < 1.29 is 4.79 Å². The number of aromatic nitrogens is 2. The second-order valence-electron chi connectivity index (χ2n) is 8.42. The van der Waals surface area contributed by atoms with Crippen LogP contribution in [0.1, 0.15) is 50.5 Å². The first-order chi connectivity index (χ1) is 14.1. The number of carbonyl (C=O) groups excluding carboxylic acids is 1. The summed E-state index contributed by atoms with van der Waals surface area (Å²) in [5.74, 6) is 0.667. The van der Waals surface area contributed by atoms with Crippen LogP contribution in [0.25, 0.3) is 11.3 Å². The monoisotopic (exact) mass is 414 g/mol. The number of hydrogen-bond acceptors (Lipinski definition) is 3. The maximum atomic E-state index is 12.8. The number of carbonyl (C=O) groups is 1. The molecule has 2 heterocycles. The molecule has 0 spiro atoms. The van der Waals surface area contributed by atoms with Crippen LogP contribution in [0.15, 0.2) is 30.3 Å². The van der Waals surface area contributed by atoms with Crippen LogP contribution in [0.4, 0.5) is 0 Å². The standard InChI is InChI=1S/C23H31ClN4O/c1-27-22(24)20(21(26-27)17-8-4-2-5-9-17)16-25-19-12-14-28(15-13-19)23(29)18-10-6-3-7-11-18/h2,4-5,8-9,18-19,25H,3,6-7,10-16H2,1H3. The minimum Gasteiger partial charge on any atom is -0.342 e. The summed E-state index contributed by atoms with van der Waals surface area (Å²) in [6.07, 6.45) is 7.87. The zero-order valence-electron chi connectivity index (χ0n) is 17.2. The lowest BCUT2D eigenvalue weighted by Crippen LogP contribution is -2.46. The molecule has 1 aromatic carbocycles. The molecule has 4 rings (SSSR count). The van der Waals surface area contributed by atoms with Gasteiger partial charge < -0.3 is 10.2 Å². The maximum absolute atomic E-state index is 12.8. The highest BCUT2D eigenvalue weighted by molar-refractivity contribution is 6.30. The molecular weight excluding hydrogens is 384 g/mol. The summed E-state index contributed by atoms with van der Waals surface area (Å²) in [7, 11) is 1.88. The number of rotatable bonds is 5. The normalized spacial score (nSPS) is 18.9. The number of nitrogens with one attached hydrogen (secondary N) is 1. The van der Waals surface area contributed by atoms with Crippen molar-refractivity contribution in [2.75, 3.05) is 13.1 Å². The summed E-state index contributed by atoms with van der Waals surface area (Å²) in [4.78, 5) is 14.9. The molecule has 2 fully saturated rings. The molecule has 1 aliphatic heterocycles. The highest BCUT2D eigenvalue weighted by Gasteiger charge is 2.29. The van der Waals surface area contributed by atoms with Gasteiger partial charge in [-0.25, -0.2) is 0 Å². The van der Waals surface area contributed by atoms with E-state index in [2.05, 4.69) is 27.4 Å². The van der Waals surface area contributed by atoms with Crippen molar-refractivity contribution in [2.45, 2.75) is 57.5 Å². The summed E-state index contributed by atoms with van der Waals surface area (Å²) in [5, 5.41) is 8.97. The van der Waals surface area contributed by atoms with Crippen LogP contribution >= 0.6 is 11.6 Å². The van der Waals surface area contributed by atoms with Gasteiger partial charge in [-0.2, -0.15) is 5.10 Å². The second kappa shape index (κ2) is 9.31. The molecule has 1 amide bonds. The molecule has 6 heteroatoms. The zero-order chi connectivity index (χ0) is 20.2. The lowest BCUT2D eigenvalue weighted by Gasteiger charge is -2.35. The smallest absolute Gasteiger partial charge is 0.225 e. The molecular formula is C23H31ClN4O. The Kier molecular flexibility index (Phi) is 6.56. The number of benzene rings is 1. The third-order valence-electron chi connectivity index (χ3n) is 6.44. The van der Waals surface area contributed by atoms with Crippen molar-refractivity contribution in [3.8, 4) is 11.3 Å². The lowest BCUT2D eigenvalue weighted by molar-refractivity contribution is -0.137. The summed E-state index contributed by atoms with van der Waals surface area (Å²) < 4.78 is 1.74. The Hall–Kier alpha value is -1.85. The Balaban J connectivity index is 1.34. The van der Waals surface area contributed by atoms with Crippen molar-refractivity contribution in [2.24, 2.45) is 13.0 Å². The molecule has 156 valence electrons. The van der Waals surface area contributed by atoms with E-state index in [9.17, 15) is 4.79 Å². The molecule has 0 atom stereocenters. The van der Waals surface area contributed by atoms with Gasteiger partial charge >= 0.3 is 0 Å². The maximum Gasteiger partial charge on any atom is 0.225 e. The molecule has 5 nitrogen and oxygen atoms in total. The fourth-order valence-corrected chi connectivity index (χ4v) is 4.88. The van der Waals surface area contributed by atoms with Gasteiger partial charge in [-0.1, -0.05) is 61.2 Å². The van der Waals surface area contributed by atoms with Gasteiger partial charge in [0.05, 0.1) is 5.69 Å². The highest BCUT2D eigenvalue weighted by Crippen LogP contribution is 2.29. The molecule has 29 heavy (non-hydrogen) atoms. The van der Waals surface area contributed by atoms with Crippen LogP contribution in [-0.2, 0) is 18.4 Å². The largest absolute Gasteiger partial charge is 0.342 e.